The molecule has 1 rings (SSSR count). The molecule has 0 atom stereocenters. The molecule has 0 radical (unpaired) electrons. The first-order chi connectivity index (χ1) is 10.7. The second-order valence-corrected chi connectivity index (χ2v) is 3.79. The van der Waals surface area contributed by atoms with Crippen molar-refractivity contribution in [3.8, 4) is 0 Å². The second kappa shape index (κ2) is 10.5. The summed E-state index contributed by atoms with van der Waals surface area (Å²) in [5.41, 5.74) is 0.287. The van der Waals surface area contributed by atoms with Gasteiger partial charge in [0.2, 0.25) is 0 Å². The summed E-state index contributed by atoms with van der Waals surface area (Å²) in [5, 5.41) is 17.1. The van der Waals surface area contributed by atoms with E-state index in [0.29, 0.717) is 5.56 Å². The van der Waals surface area contributed by atoms with Crippen LogP contribution in [0.3, 0.4) is 0 Å². The van der Waals surface area contributed by atoms with Crippen molar-refractivity contribution < 1.29 is 39.4 Å². The highest BCUT2D eigenvalue weighted by Crippen LogP contribution is 2.16. The summed E-state index contributed by atoms with van der Waals surface area (Å²) in [7, 11) is 0. The molecule has 120 valence electrons. The van der Waals surface area contributed by atoms with Gasteiger partial charge in [-0.3, -0.25) is 9.78 Å². The van der Waals surface area contributed by atoms with Crippen LogP contribution in [0.15, 0.2) is 36.4 Å². The maximum Gasteiger partial charge on any atom is 0.373 e. The minimum atomic E-state index is -0.952. The molecule has 0 aromatic heterocycles. The van der Waals surface area contributed by atoms with Gasteiger partial charge in [0, 0.05) is 6.08 Å². The number of aliphatic hydroxyl groups is 2. The molecule has 0 spiro atoms. The fraction of sp³-hybridized carbons (Fsp3) is 0.286. The molecular formula is C14H16O8. The van der Waals surface area contributed by atoms with E-state index in [2.05, 4.69) is 19.6 Å². The van der Waals surface area contributed by atoms with Crippen LogP contribution in [0.2, 0.25) is 0 Å². The predicted molar refractivity (Wildman–Crippen MR) is 72.7 cm³/mol. The van der Waals surface area contributed by atoms with Gasteiger partial charge in [-0.2, -0.15) is 9.78 Å². The quantitative estimate of drug-likeness (QED) is 0.284. The molecule has 0 unspecified atom stereocenters. The summed E-state index contributed by atoms with van der Waals surface area (Å²) in [6.45, 7) is -1.03. The lowest BCUT2D eigenvalue weighted by atomic mass is 10.1. The van der Waals surface area contributed by atoms with E-state index in [1.165, 1.54) is 0 Å². The van der Waals surface area contributed by atoms with E-state index in [1.807, 2.05) is 0 Å². The van der Waals surface area contributed by atoms with Crippen LogP contribution in [0.1, 0.15) is 5.56 Å². The van der Waals surface area contributed by atoms with Crippen molar-refractivity contribution in [1.82, 2.24) is 0 Å². The van der Waals surface area contributed by atoms with Crippen molar-refractivity contribution in [2.24, 2.45) is 0 Å². The zero-order valence-corrected chi connectivity index (χ0v) is 11.6. The predicted octanol–water partition coefficient (Wildman–Crippen LogP) is 0.00420. The zero-order chi connectivity index (χ0) is 16.2. The van der Waals surface area contributed by atoms with Gasteiger partial charge in [-0.25, -0.2) is 9.59 Å². The summed E-state index contributed by atoms with van der Waals surface area (Å²) in [5.74, 6) is -1.88. The maximum absolute atomic E-state index is 11.9. The molecule has 0 aliphatic heterocycles. The molecule has 0 saturated heterocycles. The number of aliphatic hydroxyl groups excluding tert-OH is 2. The Kier molecular flexibility index (Phi) is 8.46. The van der Waals surface area contributed by atoms with Crippen LogP contribution < -0.4 is 0 Å². The highest BCUT2D eigenvalue weighted by molar-refractivity contribution is 6.20. The summed E-state index contributed by atoms with van der Waals surface area (Å²) in [6, 6.07) is 8.23. The van der Waals surface area contributed by atoms with Crippen LogP contribution in [-0.2, 0) is 29.1 Å². The van der Waals surface area contributed by atoms with Crippen LogP contribution in [0.5, 0.6) is 0 Å². The van der Waals surface area contributed by atoms with Crippen molar-refractivity contribution >= 4 is 17.5 Å². The van der Waals surface area contributed by atoms with Gasteiger partial charge in [0.05, 0.1) is 18.8 Å². The molecule has 2 N–H and O–H groups in total. The van der Waals surface area contributed by atoms with E-state index in [1.54, 1.807) is 30.3 Å². The monoisotopic (exact) mass is 312 g/mol. The first kappa shape index (κ1) is 17.8. The van der Waals surface area contributed by atoms with Gasteiger partial charge < -0.3 is 10.2 Å². The summed E-state index contributed by atoms with van der Waals surface area (Å²) < 4.78 is 0. The van der Waals surface area contributed by atoms with Crippen LogP contribution in [0, 0.1) is 0 Å². The zero-order valence-electron chi connectivity index (χ0n) is 11.6. The molecule has 0 aliphatic rings. The van der Waals surface area contributed by atoms with Crippen LogP contribution in [0.4, 0.5) is 0 Å². The average Bonchev–Trinajstić information content (AvgIpc) is 2.54. The Bertz CT molecular complexity index is 497. The van der Waals surface area contributed by atoms with Gasteiger partial charge in [-0.05, 0) is 5.56 Å². The number of hydrogen-bond donors (Lipinski definition) is 2. The molecule has 8 nitrogen and oxygen atoms in total. The molecule has 0 aliphatic carbocycles. The maximum atomic E-state index is 11.9. The van der Waals surface area contributed by atoms with E-state index in [4.69, 9.17) is 10.2 Å². The van der Waals surface area contributed by atoms with Crippen molar-refractivity contribution in [2.75, 3.05) is 26.4 Å². The number of rotatable bonds is 9. The number of benzene rings is 1. The van der Waals surface area contributed by atoms with Crippen molar-refractivity contribution in [1.29, 1.82) is 0 Å². The third-order valence-electron chi connectivity index (χ3n) is 2.19. The third kappa shape index (κ3) is 6.46. The minimum Gasteiger partial charge on any atom is -0.394 e. The Hall–Kier alpha value is -2.26. The molecule has 1 aromatic rings. The lowest BCUT2D eigenvalue weighted by Crippen LogP contribution is -2.13. The molecular weight excluding hydrogens is 296 g/mol. The van der Waals surface area contributed by atoms with Gasteiger partial charge in [0.1, 0.15) is 13.2 Å². The number of carbonyl (C=O) groups excluding carboxylic acids is 2. The van der Waals surface area contributed by atoms with Gasteiger partial charge in [0.25, 0.3) is 0 Å². The minimum absolute atomic E-state index is 0.115. The lowest BCUT2D eigenvalue weighted by molar-refractivity contribution is -0.271. The highest BCUT2D eigenvalue weighted by Gasteiger charge is 2.17. The molecule has 0 saturated carbocycles. The smallest absolute Gasteiger partial charge is 0.373 e. The average molecular weight is 312 g/mol. The van der Waals surface area contributed by atoms with Gasteiger partial charge >= 0.3 is 11.9 Å². The van der Waals surface area contributed by atoms with Crippen LogP contribution in [0.25, 0.3) is 5.57 Å². The summed E-state index contributed by atoms with van der Waals surface area (Å²) in [6.07, 6.45) is 0.872. The molecule has 8 heteroatoms. The van der Waals surface area contributed by atoms with Gasteiger partial charge in [-0.1, -0.05) is 30.3 Å². The van der Waals surface area contributed by atoms with E-state index in [9.17, 15) is 9.59 Å². The Labute approximate surface area is 126 Å². The van der Waals surface area contributed by atoms with Gasteiger partial charge in [-0.15, -0.1) is 0 Å². The topological polar surface area (TPSA) is 112 Å². The first-order valence-corrected chi connectivity index (χ1v) is 6.35. The molecule has 0 amide bonds. The Morgan fingerprint density at radius 3 is 2.14 bits per heavy atom. The highest BCUT2D eigenvalue weighted by atomic mass is 17.2. The molecule has 0 heterocycles. The van der Waals surface area contributed by atoms with Crippen molar-refractivity contribution in [3.05, 3.63) is 42.0 Å². The third-order valence-corrected chi connectivity index (χ3v) is 2.19. The normalized spacial score (nSPS) is 11.1. The standard InChI is InChI=1S/C14H16O8/c15-6-8-19-21-13(17)10-12(11-4-2-1-3-5-11)14(18)22-20-9-7-16/h1-5,10,15-16H,6-9H2/b12-10+. The van der Waals surface area contributed by atoms with E-state index >= 15 is 0 Å². The first-order valence-electron chi connectivity index (χ1n) is 6.35. The summed E-state index contributed by atoms with van der Waals surface area (Å²) in [4.78, 5) is 41.1. The van der Waals surface area contributed by atoms with E-state index in [-0.39, 0.29) is 32.0 Å². The molecule has 22 heavy (non-hydrogen) atoms. The Balaban J connectivity index is 2.82. The fourth-order valence-corrected chi connectivity index (χ4v) is 1.33. The molecule has 0 fully saturated rings. The SMILES string of the molecule is O=C(/C=C(/C(=O)OOCCO)c1ccccc1)OOCCO. The van der Waals surface area contributed by atoms with Crippen LogP contribution >= 0.6 is 0 Å². The number of carbonyl (C=O) groups is 2. The Morgan fingerprint density at radius 1 is 0.955 bits per heavy atom. The molecule has 0 bridgehead atoms. The molecule has 1 aromatic carbocycles. The van der Waals surface area contributed by atoms with Crippen LogP contribution in [-0.4, -0.2) is 48.6 Å². The fourth-order valence-electron chi connectivity index (χ4n) is 1.33. The largest absolute Gasteiger partial charge is 0.394 e. The van der Waals surface area contributed by atoms with Crippen molar-refractivity contribution in [3.63, 3.8) is 0 Å². The Morgan fingerprint density at radius 2 is 1.55 bits per heavy atom. The van der Waals surface area contributed by atoms with Crippen molar-refractivity contribution in [2.45, 2.75) is 0 Å². The lowest BCUT2D eigenvalue weighted by Gasteiger charge is -2.07. The van der Waals surface area contributed by atoms with E-state index < -0.39 is 11.9 Å². The van der Waals surface area contributed by atoms with Gasteiger partial charge in [0.15, 0.2) is 0 Å². The van der Waals surface area contributed by atoms with E-state index in [0.717, 1.165) is 6.08 Å². The second-order valence-electron chi connectivity index (χ2n) is 3.79. The number of hydrogen-bond acceptors (Lipinski definition) is 8. The summed E-state index contributed by atoms with van der Waals surface area (Å²) >= 11 is 0.